The van der Waals surface area contributed by atoms with Crippen LogP contribution in [0.25, 0.3) is 0 Å². The van der Waals surface area contributed by atoms with Crippen molar-refractivity contribution in [1.82, 2.24) is 0 Å². The molecular formula is C9H9ClN2O4. The van der Waals surface area contributed by atoms with Gasteiger partial charge in [0.1, 0.15) is 6.10 Å². The molecule has 0 amide bonds. The van der Waals surface area contributed by atoms with Gasteiger partial charge in [-0.2, -0.15) is 4.51 Å². The van der Waals surface area contributed by atoms with Gasteiger partial charge in [0.2, 0.25) is 0 Å². The average Bonchev–Trinajstić information content (AvgIpc) is 2.30. The van der Waals surface area contributed by atoms with Crippen molar-refractivity contribution in [3.8, 4) is 0 Å². The Morgan fingerprint density at radius 3 is 2.44 bits per heavy atom. The molecule has 1 aromatic rings. The normalized spacial score (nSPS) is 13.6. The third-order valence-electron chi connectivity index (χ3n) is 2.01. The van der Waals surface area contributed by atoms with E-state index in [2.05, 4.69) is 4.51 Å². The number of aliphatic hydroxyl groups is 2. The van der Waals surface area contributed by atoms with Gasteiger partial charge in [-0.15, -0.1) is 0 Å². The molecule has 0 unspecified atom stereocenters. The molecule has 0 heterocycles. The van der Waals surface area contributed by atoms with Crippen molar-refractivity contribution in [2.24, 2.45) is 4.51 Å². The molecule has 0 saturated heterocycles. The van der Waals surface area contributed by atoms with Gasteiger partial charge in [-0.05, 0) is 17.7 Å². The van der Waals surface area contributed by atoms with Crippen molar-refractivity contribution in [2.45, 2.75) is 6.10 Å². The zero-order chi connectivity index (χ0) is 12.1. The Hall–Kier alpha value is -1.50. The Morgan fingerprint density at radius 2 is 2.06 bits per heavy atom. The van der Waals surface area contributed by atoms with Gasteiger partial charge in [-0.1, -0.05) is 0 Å². The summed E-state index contributed by atoms with van der Waals surface area (Å²) in [5.74, 6) is 0. The largest absolute Gasteiger partial charge is 0.390 e. The highest BCUT2D eigenvalue weighted by Gasteiger charge is 2.15. The Kier molecular flexibility index (Phi) is 4.36. The Morgan fingerprint density at radius 1 is 1.50 bits per heavy atom. The maximum atomic E-state index is 10.4. The standard InChI is InChI=1S/C9H9ClN2O4/c10-11-8(5-13)9(14)6-1-3-7(4-2-6)12(15)16/h1-4,9,13-14H,5H2/t9-/m1/s1. The number of nitro benzene ring substituents is 1. The fourth-order valence-corrected chi connectivity index (χ4v) is 1.28. The molecule has 86 valence electrons. The van der Waals surface area contributed by atoms with E-state index in [1.165, 1.54) is 24.3 Å². The van der Waals surface area contributed by atoms with E-state index in [1.807, 2.05) is 0 Å². The molecule has 2 N–H and O–H groups in total. The van der Waals surface area contributed by atoms with E-state index in [9.17, 15) is 15.2 Å². The van der Waals surface area contributed by atoms with E-state index in [0.717, 1.165) is 0 Å². The second-order valence-corrected chi connectivity index (χ2v) is 3.15. The van der Waals surface area contributed by atoms with Crippen LogP contribution in [0, 0.1) is 10.1 Å². The van der Waals surface area contributed by atoms with Crippen LogP contribution < -0.4 is 0 Å². The van der Waals surface area contributed by atoms with E-state index in [4.69, 9.17) is 16.9 Å². The molecular weight excluding hydrogens is 236 g/mol. The number of halogens is 1. The van der Waals surface area contributed by atoms with Crippen molar-refractivity contribution < 1.29 is 15.1 Å². The van der Waals surface area contributed by atoms with Crippen LogP contribution in [-0.2, 0) is 0 Å². The molecule has 1 atom stereocenters. The first-order valence-corrected chi connectivity index (χ1v) is 4.65. The minimum Gasteiger partial charge on any atom is -0.390 e. The monoisotopic (exact) mass is 244 g/mol. The molecule has 0 aliphatic heterocycles. The van der Waals surface area contributed by atoms with Crippen LogP contribution in [0.15, 0.2) is 28.8 Å². The molecule has 1 rings (SSSR count). The minimum atomic E-state index is -1.16. The first kappa shape index (κ1) is 12.6. The average molecular weight is 245 g/mol. The minimum absolute atomic E-state index is 0.0180. The van der Waals surface area contributed by atoms with Crippen LogP contribution in [-0.4, -0.2) is 27.5 Å². The van der Waals surface area contributed by atoms with Gasteiger partial charge in [0.25, 0.3) is 5.69 Å². The Bertz CT molecular complexity index is 404. The number of hydrogen-bond acceptors (Lipinski definition) is 5. The van der Waals surface area contributed by atoms with Gasteiger partial charge < -0.3 is 10.2 Å². The fourth-order valence-electron chi connectivity index (χ4n) is 1.13. The molecule has 0 saturated carbocycles. The summed E-state index contributed by atoms with van der Waals surface area (Å²) in [6.45, 7) is -0.484. The Balaban J connectivity index is 2.93. The number of nitrogens with zero attached hydrogens (tertiary/aromatic N) is 2. The van der Waals surface area contributed by atoms with Crippen molar-refractivity contribution in [1.29, 1.82) is 0 Å². The molecule has 0 bridgehead atoms. The topological polar surface area (TPSA) is 96.0 Å². The lowest BCUT2D eigenvalue weighted by Gasteiger charge is -2.10. The van der Waals surface area contributed by atoms with E-state index in [1.54, 1.807) is 0 Å². The summed E-state index contributed by atoms with van der Waals surface area (Å²) in [7, 11) is 0. The van der Waals surface area contributed by atoms with Gasteiger partial charge in [0.15, 0.2) is 0 Å². The lowest BCUT2D eigenvalue weighted by molar-refractivity contribution is -0.384. The molecule has 0 aliphatic rings. The fraction of sp³-hybridized carbons (Fsp3) is 0.222. The van der Waals surface area contributed by atoms with E-state index in [0.29, 0.717) is 5.56 Å². The summed E-state index contributed by atoms with van der Waals surface area (Å²) >= 11 is 5.15. The maximum absolute atomic E-state index is 10.4. The van der Waals surface area contributed by atoms with Crippen LogP contribution in [0.5, 0.6) is 0 Å². The molecule has 0 radical (unpaired) electrons. The quantitative estimate of drug-likeness (QED) is 0.473. The number of benzene rings is 1. The third-order valence-corrected chi connectivity index (χ3v) is 2.22. The highest BCUT2D eigenvalue weighted by molar-refractivity contribution is 6.20. The Labute approximate surface area is 96.1 Å². The van der Waals surface area contributed by atoms with Crippen LogP contribution in [0.1, 0.15) is 11.7 Å². The summed E-state index contributed by atoms with van der Waals surface area (Å²) < 4.78 is 3.20. The van der Waals surface area contributed by atoms with Crippen LogP contribution >= 0.6 is 11.8 Å². The van der Waals surface area contributed by atoms with Crippen LogP contribution in [0.2, 0.25) is 0 Å². The third kappa shape index (κ3) is 2.75. The zero-order valence-electron chi connectivity index (χ0n) is 8.08. The molecule has 0 aromatic heterocycles. The van der Waals surface area contributed by atoms with Crippen molar-refractivity contribution >= 4 is 23.2 Å². The molecule has 0 aliphatic carbocycles. The first-order chi connectivity index (χ1) is 7.60. The zero-order valence-corrected chi connectivity index (χ0v) is 8.83. The lowest BCUT2D eigenvalue weighted by atomic mass is 10.1. The molecule has 1 aromatic carbocycles. The van der Waals surface area contributed by atoms with E-state index >= 15 is 0 Å². The summed E-state index contributed by atoms with van der Waals surface area (Å²) in [5.41, 5.74) is 0.277. The molecule has 16 heavy (non-hydrogen) atoms. The van der Waals surface area contributed by atoms with Crippen molar-refractivity contribution in [3.05, 3.63) is 39.9 Å². The first-order valence-electron chi connectivity index (χ1n) is 4.31. The summed E-state index contributed by atoms with van der Waals surface area (Å²) in [4.78, 5) is 9.84. The SMILES string of the molecule is O=[N+]([O-])c1ccc([C@@H](O)C(CO)=NCl)cc1. The van der Waals surface area contributed by atoms with Crippen LogP contribution in [0.3, 0.4) is 0 Å². The second-order valence-electron chi connectivity index (χ2n) is 2.99. The number of rotatable bonds is 4. The predicted molar refractivity (Wildman–Crippen MR) is 58.4 cm³/mol. The molecule has 0 spiro atoms. The highest BCUT2D eigenvalue weighted by atomic mass is 35.5. The van der Waals surface area contributed by atoms with Crippen molar-refractivity contribution in [2.75, 3.05) is 6.61 Å². The summed E-state index contributed by atoms with van der Waals surface area (Å²) in [5, 5.41) is 28.9. The van der Waals surface area contributed by atoms with Gasteiger partial charge in [0.05, 0.1) is 17.2 Å². The van der Waals surface area contributed by atoms with E-state index < -0.39 is 17.6 Å². The molecule has 7 heteroatoms. The lowest BCUT2D eigenvalue weighted by Crippen LogP contribution is -2.15. The highest BCUT2D eigenvalue weighted by Crippen LogP contribution is 2.19. The predicted octanol–water partition coefficient (Wildman–Crippen LogP) is 1.22. The number of aliphatic hydroxyl groups excluding tert-OH is 2. The number of non-ortho nitro benzene ring substituents is 1. The van der Waals surface area contributed by atoms with Gasteiger partial charge in [-0.3, -0.25) is 10.1 Å². The number of nitro groups is 1. The smallest absolute Gasteiger partial charge is 0.269 e. The van der Waals surface area contributed by atoms with E-state index in [-0.39, 0.29) is 11.4 Å². The summed E-state index contributed by atoms with van der Waals surface area (Å²) in [6, 6.07) is 5.25. The molecule has 6 nitrogen and oxygen atoms in total. The van der Waals surface area contributed by atoms with Gasteiger partial charge in [-0.25, -0.2) is 0 Å². The molecule has 0 fully saturated rings. The van der Waals surface area contributed by atoms with Gasteiger partial charge in [0, 0.05) is 23.9 Å². The van der Waals surface area contributed by atoms with Crippen LogP contribution in [0.4, 0.5) is 5.69 Å². The van der Waals surface area contributed by atoms with Gasteiger partial charge >= 0.3 is 0 Å². The summed E-state index contributed by atoms with van der Waals surface area (Å²) in [6.07, 6.45) is -1.16. The van der Waals surface area contributed by atoms with Crippen molar-refractivity contribution in [3.63, 3.8) is 0 Å². The maximum Gasteiger partial charge on any atom is 0.269 e. The second kappa shape index (κ2) is 5.55. The number of hydrogen-bond donors (Lipinski definition) is 2.